The van der Waals surface area contributed by atoms with Crippen LogP contribution in [0.25, 0.3) is 0 Å². The predicted octanol–water partition coefficient (Wildman–Crippen LogP) is 2.31. The number of carbonyl (C=O) groups excluding carboxylic acids is 1. The Morgan fingerprint density at radius 3 is 2.80 bits per heavy atom. The number of nitrogens with one attached hydrogen (secondary N) is 1. The lowest BCUT2D eigenvalue weighted by Crippen LogP contribution is -2.25. The lowest BCUT2D eigenvalue weighted by atomic mass is 10.1. The molecule has 0 saturated carbocycles. The number of hydrogen-bond acceptors (Lipinski definition) is 5. The number of anilines is 1. The molecule has 1 aromatic carbocycles. The van der Waals surface area contributed by atoms with Crippen molar-refractivity contribution in [2.24, 2.45) is 0 Å². The second kappa shape index (κ2) is 5.66. The van der Waals surface area contributed by atoms with Gasteiger partial charge < -0.3 is 11.1 Å². The third kappa shape index (κ3) is 2.75. The van der Waals surface area contributed by atoms with Gasteiger partial charge in [0.05, 0.1) is 4.92 Å². The molecule has 0 atom stereocenters. The highest BCUT2D eigenvalue weighted by atomic mass is 32.1. The Hall–Kier alpha value is -2.48. The van der Waals surface area contributed by atoms with Crippen molar-refractivity contribution in [3.05, 3.63) is 56.0 Å². The predicted molar refractivity (Wildman–Crippen MR) is 73.0 cm³/mol. The summed E-state index contributed by atoms with van der Waals surface area (Å²) in [7, 11) is 0. The smallest absolute Gasteiger partial charge is 0.293 e. The highest BCUT2D eigenvalue weighted by Crippen LogP contribution is 2.27. The van der Waals surface area contributed by atoms with Gasteiger partial charge in [-0.3, -0.25) is 14.9 Å². The van der Waals surface area contributed by atoms with Crippen LogP contribution < -0.4 is 11.1 Å². The SMILES string of the molecule is Nc1c([N+](=O)[O-])ccc(F)c1C(=O)NCc1ccsc1. The van der Waals surface area contributed by atoms with Crippen molar-refractivity contribution in [2.45, 2.75) is 6.54 Å². The molecule has 6 nitrogen and oxygen atoms in total. The fraction of sp³-hybridized carbons (Fsp3) is 0.0833. The van der Waals surface area contributed by atoms with Crippen LogP contribution in [0.4, 0.5) is 15.8 Å². The van der Waals surface area contributed by atoms with E-state index in [1.807, 2.05) is 10.8 Å². The van der Waals surface area contributed by atoms with Crippen molar-refractivity contribution in [1.29, 1.82) is 0 Å². The monoisotopic (exact) mass is 295 g/mol. The minimum atomic E-state index is -0.893. The fourth-order valence-electron chi connectivity index (χ4n) is 1.64. The van der Waals surface area contributed by atoms with E-state index in [1.54, 1.807) is 6.07 Å². The number of benzene rings is 1. The number of nitro benzene ring substituents is 1. The van der Waals surface area contributed by atoms with Gasteiger partial charge in [-0.1, -0.05) is 0 Å². The van der Waals surface area contributed by atoms with E-state index in [2.05, 4.69) is 5.32 Å². The van der Waals surface area contributed by atoms with Crippen LogP contribution in [0.2, 0.25) is 0 Å². The minimum absolute atomic E-state index is 0.198. The first-order valence-electron chi connectivity index (χ1n) is 5.52. The molecular formula is C12H10FN3O3S. The van der Waals surface area contributed by atoms with E-state index in [0.717, 1.165) is 17.7 Å². The van der Waals surface area contributed by atoms with Gasteiger partial charge in [-0.25, -0.2) is 4.39 Å². The number of halogens is 1. The Kier molecular flexibility index (Phi) is 3.94. The summed E-state index contributed by atoms with van der Waals surface area (Å²) in [6, 6.07) is 3.59. The van der Waals surface area contributed by atoms with Gasteiger partial charge in [-0.05, 0) is 28.5 Å². The second-order valence-corrected chi connectivity index (χ2v) is 4.71. The van der Waals surface area contributed by atoms with Gasteiger partial charge in [0.25, 0.3) is 11.6 Å². The molecule has 2 aromatic rings. The maximum atomic E-state index is 13.6. The van der Waals surface area contributed by atoms with Gasteiger partial charge in [-0.2, -0.15) is 11.3 Å². The quantitative estimate of drug-likeness (QED) is 0.513. The van der Waals surface area contributed by atoms with Crippen molar-refractivity contribution in [1.82, 2.24) is 5.32 Å². The van der Waals surface area contributed by atoms with Gasteiger partial charge in [0.1, 0.15) is 17.1 Å². The van der Waals surface area contributed by atoms with Crippen LogP contribution in [-0.2, 0) is 6.54 Å². The van der Waals surface area contributed by atoms with Gasteiger partial charge in [0.15, 0.2) is 0 Å². The van der Waals surface area contributed by atoms with Crippen LogP contribution in [0.5, 0.6) is 0 Å². The van der Waals surface area contributed by atoms with Crippen molar-refractivity contribution in [3.8, 4) is 0 Å². The number of nitrogen functional groups attached to an aromatic ring is 1. The maximum Gasteiger partial charge on any atom is 0.293 e. The number of carbonyl (C=O) groups is 1. The molecule has 0 unspecified atom stereocenters. The average Bonchev–Trinajstić information content (AvgIpc) is 2.89. The van der Waals surface area contributed by atoms with E-state index in [0.29, 0.717) is 0 Å². The molecule has 2 rings (SSSR count). The molecule has 1 amide bonds. The third-order valence-corrected chi connectivity index (χ3v) is 3.36. The average molecular weight is 295 g/mol. The Labute approximate surface area is 117 Å². The van der Waals surface area contributed by atoms with E-state index >= 15 is 0 Å². The zero-order chi connectivity index (χ0) is 14.7. The van der Waals surface area contributed by atoms with Crippen molar-refractivity contribution >= 4 is 28.6 Å². The number of nitrogens with two attached hydrogens (primary N) is 1. The maximum absolute atomic E-state index is 13.6. The summed E-state index contributed by atoms with van der Waals surface area (Å²) in [5.41, 5.74) is 4.88. The van der Waals surface area contributed by atoms with Gasteiger partial charge in [-0.15, -0.1) is 0 Å². The fourth-order valence-corrected chi connectivity index (χ4v) is 2.30. The molecule has 0 aliphatic heterocycles. The van der Waals surface area contributed by atoms with Gasteiger partial charge in [0.2, 0.25) is 0 Å². The molecule has 8 heteroatoms. The summed E-state index contributed by atoms with van der Waals surface area (Å²) in [5, 5.41) is 16.9. The van der Waals surface area contributed by atoms with Gasteiger partial charge in [0, 0.05) is 12.6 Å². The van der Waals surface area contributed by atoms with Crippen molar-refractivity contribution < 1.29 is 14.1 Å². The van der Waals surface area contributed by atoms with E-state index in [9.17, 15) is 19.3 Å². The highest BCUT2D eigenvalue weighted by molar-refractivity contribution is 7.07. The van der Waals surface area contributed by atoms with Crippen LogP contribution in [-0.4, -0.2) is 10.8 Å². The summed E-state index contributed by atoms with van der Waals surface area (Å²) in [6.07, 6.45) is 0. The molecule has 0 bridgehead atoms. The van der Waals surface area contributed by atoms with Crippen molar-refractivity contribution in [3.63, 3.8) is 0 Å². The number of rotatable bonds is 4. The molecule has 1 aromatic heterocycles. The first kappa shape index (κ1) is 13.9. The highest BCUT2D eigenvalue weighted by Gasteiger charge is 2.23. The normalized spacial score (nSPS) is 10.2. The Balaban J connectivity index is 2.25. The molecule has 0 spiro atoms. The number of amides is 1. The molecule has 0 aliphatic carbocycles. The standard InChI is InChI=1S/C12H10FN3O3S/c13-8-1-2-9(16(18)19)11(14)10(8)12(17)15-5-7-3-4-20-6-7/h1-4,6H,5,14H2,(H,15,17). The minimum Gasteiger partial charge on any atom is -0.392 e. The molecule has 1 heterocycles. The van der Waals surface area contributed by atoms with Crippen LogP contribution in [0.1, 0.15) is 15.9 Å². The van der Waals surface area contributed by atoms with E-state index in [1.165, 1.54) is 11.3 Å². The van der Waals surface area contributed by atoms with E-state index in [4.69, 9.17) is 5.73 Å². The van der Waals surface area contributed by atoms with E-state index in [-0.39, 0.29) is 6.54 Å². The Morgan fingerprint density at radius 2 is 2.20 bits per heavy atom. The Morgan fingerprint density at radius 1 is 1.45 bits per heavy atom. The van der Waals surface area contributed by atoms with Gasteiger partial charge >= 0.3 is 0 Å². The molecule has 0 aliphatic rings. The zero-order valence-corrected chi connectivity index (χ0v) is 10.9. The molecule has 3 N–H and O–H groups in total. The molecule has 104 valence electrons. The summed E-state index contributed by atoms with van der Waals surface area (Å²) < 4.78 is 13.6. The second-order valence-electron chi connectivity index (χ2n) is 3.93. The van der Waals surface area contributed by atoms with Crippen LogP contribution >= 0.6 is 11.3 Å². The number of nitro groups is 1. The molecule has 0 radical (unpaired) electrons. The summed E-state index contributed by atoms with van der Waals surface area (Å²) >= 11 is 1.46. The van der Waals surface area contributed by atoms with Crippen LogP contribution in [0.15, 0.2) is 29.0 Å². The lowest BCUT2D eigenvalue weighted by Gasteiger charge is -2.08. The summed E-state index contributed by atoms with van der Waals surface area (Å²) in [5.74, 6) is -1.68. The van der Waals surface area contributed by atoms with Crippen LogP contribution in [0, 0.1) is 15.9 Å². The number of thiophene rings is 1. The van der Waals surface area contributed by atoms with E-state index < -0.39 is 33.6 Å². The molecular weight excluding hydrogens is 285 g/mol. The number of hydrogen-bond donors (Lipinski definition) is 2. The zero-order valence-electron chi connectivity index (χ0n) is 10.1. The van der Waals surface area contributed by atoms with Crippen molar-refractivity contribution in [2.75, 3.05) is 5.73 Å². The molecule has 0 saturated heterocycles. The topological polar surface area (TPSA) is 98.3 Å². The Bertz CT molecular complexity index is 658. The summed E-state index contributed by atoms with van der Waals surface area (Å²) in [6.45, 7) is 0.198. The third-order valence-electron chi connectivity index (χ3n) is 2.63. The first-order valence-corrected chi connectivity index (χ1v) is 6.46. The summed E-state index contributed by atoms with van der Waals surface area (Å²) in [4.78, 5) is 21.9. The number of nitrogens with zero attached hydrogens (tertiary/aromatic N) is 1. The molecule has 0 fully saturated rings. The lowest BCUT2D eigenvalue weighted by molar-refractivity contribution is -0.384. The largest absolute Gasteiger partial charge is 0.392 e. The molecule has 20 heavy (non-hydrogen) atoms. The van der Waals surface area contributed by atoms with Crippen LogP contribution in [0.3, 0.4) is 0 Å². The first-order chi connectivity index (χ1) is 9.50.